The third-order valence-electron chi connectivity index (χ3n) is 4.56. The van der Waals surface area contributed by atoms with Crippen LogP contribution in [0.5, 0.6) is 0 Å². The first-order chi connectivity index (χ1) is 14.6. The Kier molecular flexibility index (Phi) is 6.30. The third kappa shape index (κ3) is 4.68. The SMILES string of the molecule is CC(C)(C)OC(=O)NC1(C#N)C(=O)N(C/C=C/c2ccc(Cl)c(Cl)c2)c2ccccc21. The number of hydrogen-bond acceptors (Lipinski definition) is 4. The van der Waals surface area contributed by atoms with Gasteiger partial charge in [-0.3, -0.25) is 10.1 Å². The van der Waals surface area contributed by atoms with E-state index in [2.05, 4.69) is 5.32 Å². The Morgan fingerprint density at radius 2 is 1.94 bits per heavy atom. The van der Waals surface area contributed by atoms with Crippen LogP contribution in [0.15, 0.2) is 48.5 Å². The minimum absolute atomic E-state index is 0.190. The quantitative estimate of drug-likeness (QED) is 0.675. The third-order valence-corrected chi connectivity index (χ3v) is 5.30. The van der Waals surface area contributed by atoms with Crippen molar-refractivity contribution in [2.75, 3.05) is 11.4 Å². The molecule has 0 spiro atoms. The topological polar surface area (TPSA) is 82.4 Å². The van der Waals surface area contributed by atoms with Gasteiger partial charge in [-0.2, -0.15) is 5.26 Å². The van der Waals surface area contributed by atoms with Gasteiger partial charge in [-0.25, -0.2) is 4.79 Å². The highest BCUT2D eigenvalue weighted by Gasteiger charge is 2.53. The molecule has 2 aromatic rings. The van der Waals surface area contributed by atoms with E-state index >= 15 is 0 Å². The molecule has 0 fully saturated rings. The summed E-state index contributed by atoms with van der Waals surface area (Å²) in [6.45, 7) is 5.30. The second-order valence-corrected chi connectivity index (χ2v) is 8.81. The van der Waals surface area contributed by atoms with Crippen LogP contribution < -0.4 is 10.2 Å². The molecule has 1 atom stereocenters. The molecule has 0 bridgehead atoms. The molecule has 1 unspecified atom stereocenters. The van der Waals surface area contributed by atoms with Crippen LogP contribution >= 0.6 is 23.2 Å². The fraction of sp³-hybridized carbons (Fsp3) is 0.261. The van der Waals surface area contributed by atoms with E-state index in [9.17, 15) is 14.9 Å². The molecule has 2 amide bonds. The summed E-state index contributed by atoms with van der Waals surface area (Å²) >= 11 is 12.0. The van der Waals surface area contributed by atoms with Crippen molar-refractivity contribution < 1.29 is 14.3 Å². The zero-order chi connectivity index (χ0) is 22.8. The molecule has 1 aliphatic rings. The molecule has 8 heteroatoms. The average Bonchev–Trinajstić information content (AvgIpc) is 2.92. The Bertz CT molecular complexity index is 1100. The molecule has 0 aromatic heterocycles. The first kappa shape index (κ1) is 22.7. The maximum Gasteiger partial charge on any atom is 0.409 e. The van der Waals surface area contributed by atoms with Crippen LogP contribution in [0.2, 0.25) is 10.0 Å². The van der Waals surface area contributed by atoms with E-state index in [1.165, 1.54) is 4.90 Å². The van der Waals surface area contributed by atoms with Crippen LogP contribution in [-0.4, -0.2) is 24.1 Å². The lowest BCUT2D eigenvalue weighted by Crippen LogP contribution is -2.53. The maximum absolute atomic E-state index is 13.3. The minimum Gasteiger partial charge on any atom is -0.444 e. The molecule has 0 aliphatic carbocycles. The predicted octanol–water partition coefficient (Wildman–Crippen LogP) is 5.30. The van der Waals surface area contributed by atoms with Crippen molar-refractivity contribution in [3.63, 3.8) is 0 Å². The van der Waals surface area contributed by atoms with Gasteiger partial charge < -0.3 is 9.64 Å². The van der Waals surface area contributed by atoms with Crippen molar-refractivity contribution in [1.82, 2.24) is 5.32 Å². The van der Waals surface area contributed by atoms with Gasteiger partial charge in [0.2, 0.25) is 5.54 Å². The highest BCUT2D eigenvalue weighted by atomic mass is 35.5. The standard InChI is InChI=1S/C23H21Cl2N3O3/c1-22(2,3)31-21(30)27-23(14-26)16-8-4-5-9-19(16)28(20(23)29)12-6-7-15-10-11-17(24)18(25)13-15/h4-11,13H,12H2,1-3H3,(H,27,30)/b7-6+. The number of benzene rings is 2. The number of fused-ring (bicyclic) bond motifs is 1. The van der Waals surface area contributed by atoms with E-state index in [-0.39, 0.29) is 6.54 Å². The number of halogens is 2. The number of anilines is 1. The number of amides is 2. The molecule has 160 valence electrons. The van der Waals surface area contributed by atoms with Gasteiger partial charge in [0.05, 0.1) is 15.7 Å². The maximum atomic E-state index is 13.3. The number of nitrogens with zero attached hydrogens (tertiary/aromatic N) is 2. The van der Waals surface area contributed by atoms with Gasteiger partial charge in [-0.15, -0.1) is 0 Å². The smallest absolute Gasteiger partial charge is 0.409 e. The van der Waals surface area contributed by atoms with Gasteiger partial charge in [0, 0.05) is 12.1 Å². The second-order valence-electron chi connectivity index (χ2n) is 8.00. The van der Waals surface area contributed by atoms with Crippen LogP contribution in [0, 0.1) is 11.3 Å². The normalized spacial score (nSPS) is 18.1. The lowest BCUT2D eigenvalue weighted by molar-refractivity contribution is -0.122. The molecule has 1 N–H and O–H groups in total. The summed E-state index contributed by atoms with van der Waals surface area (Å²) in [5, 5.41) is 13.3. The number of alkyl carbamates (subject to hydrolysis) is 1. The Labute approximate surface area is 191 Å². The summed E-state index contributed by atoms with van der Waals surface area (Å²) in [6.07, 6.45) is 2.73. The molecule has 1 aliphatic heterocycles. The first-order valence-electron chi connectivity index (χ1n) is 9.53. The molecule has 3 rings (SSSR count). The number of rotatable bonds is 4. The number of ether oxygens (including phenoxy) is 1. The first-order valence-corrected chi connectivity index (χ1v) is 10.3. The van der Waals surface area contributed by atoms with E-state index in [0.29, 0.717) is 21.3 Å². The van der Waals surface area contributed by atoms with Gasteiger partial charge in [0.25, 0.3) is 5.91 Å². The molecule has 2 aromatic carbocycles. The average molecular weight is 458 g/mol. The van der Waals surface area contributed by atoms with Gasteiger partial charge >= 0.3 is 6.09 Å². The Hall–Kier alpha value is -3.01. The summed E-state index contributed by atoms with van der Waals surface area (Å²) in [7, 11) is 0. The molecular weight excluding hydrogens is 437 g/mol. The fourth-order valence-electron chi connectivity index (χ4n) is 3.26. The van der Waals surface area contributed by atoms with Gasteiger partial charge in [-0.1, -0.05) is 59.6 Å². The lowest BCUT2D eigenvalue weighted by atomic mass is 9.93. The van der Waals surface area contributed by atoms with Crippen molar-refractivity contribution >= 4 is 47.0 Å². The number of nitrogens with one attached hydrogen (secondary N) is 1. The Morgan fingerprint density at radius 1 is 1.23 bits per heavy atom. The second kappa shape index (κ2) is 8.62. The number of hydrogen-bond donors (Lipinski definition) is 1. The van der Waals surface area contributed by atoms with Gasteiger partial charge in [0.15, 0.2) is 0 Å². The summed E-state index contributed by atoms with van der Waals surface area (Å²) in [4.78, 5) is 27.2. The van der Waals surface area contributed by atoms with Crippen LogP contribution in [0.25, 0.3) is 6.08 Å². The van der Waals surface area contributed by atoms with E-state index in [0.717, 1.165) is 5.56 Å². The van der Waals surface area contributed by atoms with Crippen LogP contribution in [0.1, 0.15) is 31.9 Å². The van der Waals surface area contributed by atoms with Crippen molar-refractivity contribution in [1.29, 1.82) is 5.26 Å². The lowest BCUT2D eigenvalue weighted by Gasteiger charge is -2.26. The van der Waals surface area contributed by atoms with E-state index in [1.54, 1.807) is 75.4 Å². The molecule has 6 nitrogen and oxygen atoms in total. The zero-order valence-electron chi connectivity index (χ0n) is 17.3. The molecule has 1 heterocycles. The van der Waals surface area contributed by atoms with E-state index < -0.39 is 23.1 Å². The van der Waals surface area contributed by atoms with E-state index in [1.807, 2.05) is 6.07 Å². The summed E-state index contributed by atoms with van der Waals surface area (Å²) in [5.74, 6) is -0.555. The monoisotopic (exact) mass is 457 g/mol. The summed E-state index contributed by atoms with van der Waals surface area (Å²) in [6, 6.07) is 14.1. The molecular formula is C23H21Cl2N3O3. The highest BCUT2D eigenvalue weighted by Crippen LogP contribution is 2.40. The van der Waals surface area contributed by atoms with Crippen molar-refractivity contribution in [3.05, 3.63) is 69.7 Å². The summed E-state index contributed by atoms with van der Waals surface area (Å²) < 4.78 is 5.28. The van der Waals surface area contributed by atoms with Crippen LogP contribution in [0.4, 0.5) is 10.5 Å². The van der Waals surface area contributed by atoms with E-state index in [4.69, 9.17) is 27.9 Å². The highest BCUT2D eigenvalue weighted by molar-refractivity contribution is 6.42. The Balaban J connectivity index is 1.89. The number of carbonyl (C=O) groups is 2. The molecule has 31 heavy (non-hydrogen) atoms. The van der Waals surface area contributed by atoms with Crippen LogP contribution in [-0.2, 0) is 15.1 Å². The Morgan fingerprint density at radius 3 is 2.58 bits per heavy atom. The van der Waals surface area contributed by atoms with Gasteiger partial charge in [0.1, 0.15) is 11.7 Å². The zero-order valence-corrected chi connectivity index (χ0v) is 18.8. The van der Waals surface area contributed by atoms with Crippen molar-refractivity contribution in [2.45, 2.75) is 31.9 Å². The molecule has 0 radical (unpaired) electrons. The largest absolute Gasteiger partial charge is 0.444 e. The summed E-state index contributed by atoms with van der Waals surface area (Å²) in [5.41, 5.74) is -0.881. The number of carbonyl (C=O) groups excluding carboxylic acids is 2. The van der Waals surface area contributed by atoms with Crippen molar-refractivity contribution in [2.24, 2.45) is 0 Å². The molecule has 0 saturated heterocycles. The number of para-hydroxylation sites is 1. The van der Waals surface area contributed by atoms with Gasteiger partial charge in [-0.05, 0) is 44.5 Å². The predicted molar refractivity (Wildman–Crippen MR) is 121 cm³/mol. The number of nitriles is 1. The minimum atomic E-state index is -1.86. The van der Waals surface area contributed by atoms with Crippen LogP contribution in [0.3, 0.4) is 0 Å². The molecule has 0 saturated carbocycles. The van der Waals surface area contributed by atoms with Crippen molar-refractivity contribution in [3.8, 4) is 6.07 Å². The fourth-order valence-corrected chi connectivity index (χ4v) is 3.56.